The van der Waals surface area contributed by atoms with E-state index in [4.69, 9.17) is 11.6 Å². The van der Waals surface area contributed by atoms with Crippen LogP contribution in [-0.2, 0) is 9.84 Å². The van der Waals surface area contributed by atoms with Crippen molar-refractivity contribution >= 4 is 21.4 Å². The fourth-order valence-electron chi connectivity index (χ4n) is 1.64. The quantitative estimate of drug-likeness (QED) is 0.749. The lowest BCUT2D eigenvalue weighted by Gasteiger charge is -2.07. The molecule has 0 saturated carbocycles. The van der Waals surface area contributed by atoms with Gasteiger partial charge in [-0.25, -0.2) is 8.42 Å². The summed E-state index contributed by atoms with van der Waals surface area (Å²) in [6.45, 7) is 3.48. The first-order valence-electron chi connectivity index (χ1n) is 6.26. The molecule has 1 aromatic rings. The maximum Gasteiger partial charge on any atom is 0.181 e. The van der Waals surface area contributed by atoms with E-state index in [1.807, 2.05) is 0 Å². The van der Waals surface area contributed by atoms with Gasteiger partial charge in [0.1, 0.15) is 0 Å². The number of hydrogen-bond donors (Lipinski definition) is 1. The lowest BCUT2D eigenvalue weighted by Crippen LogP contribution is -2.24. The van der Waals surface area contributed by atoms with Crippen LogP contribution >= 0.6 is 11.6 Å². The van der Waals surface area contributed by atoms with Gasteiger partial charge in [-0.2, -0.15) is 0 Å². The number of sulfone groups is 1. The molecule has 0 fully saturated rings. The van der Waals surface area contributed by atoms with Crippen LogP contribution in [0.4, 0.5) is 0 Å². The Hall–Kier alpha value is -0.580. The van der Waals surface area contributed by atoms with Gasteiger partial charge < -0.3 is 5.32 Å². The first-order valence-corrected chi connectivity index (χ1v) is 8.29. The smallest absolute Gasteiger partial charge is 0.181 e. The van der Waals surface area contributed by atoms with Crippen molar-refractivity contribution < 1.29 is 8.42 Å². The molecule has 0 saturated heterocycles. The van der Waals surface area contributed by atoms with Crippen molar-refractivity contribution in [1.82, 2.24) is 5.32 Å². The molecule has 1 rings (SSSR count). The SMILES string of the molecule is CCCCCNCCS(=O)(=O)c1ccccc1Cl. The highest BCUT2D eigenvalue weighted by molar-refractivity contribution is 7.91. The van der Waals surface area contributed by atoms with Crippen molar-refractivity contribution in [2.75, 3.05) is 18.8 Å². The summed E-state index contributed by atoms with van der Waals surface area (Å²) in [5.74, 6) is 0.0862. The van der Waals surface area contributed by atoms with E-state index in [-0.39, 0.29) is 10.6 Å². The Morgan fingerprint density at radius 3 is 2.56 bits per heavy atom. The average Bonchev–Trinajstić information content (AvgIpc) is 2.34. The van der Waals surface area contributed by atoms with Crippen molar-refractivity contribution in [2.24, 2.45) is 0 Å². The Kier molecular flexibility index (Phi) is 6.68. The van der Waals surface area contributed by atoms with Crippen LogP contribution in [-0.4, -0.2) is 27.3 Å². The number of halogens is 1. The standard InChI is InChI=1S/C13H20ClNO2S/c1-2-3-6-9-15-10-11-18(16,17)13-8-5-4-7-12(13)14/h4-5,7-8,15H,2-3,6,9-11H2,1H3. The molecule has 3 nitrogen and oxygen atoms in total. The molecule has 1 N–H and O–H groups in total. The predicted octanol–water partition coefficient (Wildman–Crippen LogP) is 2.89. The van der Waals surface area contributed by atoms with Crippen LogP contribution in [0.1, 0.15) is 26.2 Å². The van der Waals surface area contributed by atoms with Gasteiger partial charge in [0.2, 0.25) is 0 Å². The highest BCUT2D eigenvalue weighted by Gasteiger charge is 2.16. The van der Waals surface area contributed by atoms with Crippen molar-refractivity contribution in [2.45, 2.75) is 31.1 Å². The maximum atomic E-state index is 12.0. The molecule has 18 heavy (non-hydrogen) atoms. The summed E-state index contributed by atoms with van der Waals surface area (Å²) in [7, 11) is -3.28. The third kappa shape index (κ3) is 4.96. The largest absolute Gasteiger partial charge is 0.316 e. The Balaban J connectivity index is 2.44. The highest BCUT2D eigenvalue weighted by Crippen LogP contribution is 2.21. The molecule has 0 aliphatic heterocycles. The van der Waals surface area contributed by atoms with Crippen LogP contribution < -0.4 is 5.32 Å². The summed E-state index contributed by atoms with van der Waals surface area (Å²) >= 11 is 5.89. The third-order valence-corrected chi connectivity index (χ3v) is 4.89. The fourth-order valence-corrected chi connectivity index (χ4v) is 3.41. The molecule has 0 amide bonds. The molecule has 5 heteroatoms. The van der Waals surface area contributed by atoms with Crippen LogP contribution in [0.3, 0.4) is 0 Å². The zero-order valence-corrected chi connectivity index (χ0v) is 12.2. The Bertz CT molecular complexity index is 460. The van der Waals surface area contributed by atoms with Crippen molar-refractivity contribution in [1.29, 1.82) is 0 Å². The van der Waals surface area contributed by atoms with E-state index in [1.165, 1.54) is 12.8 Å². The number of rotatable bonds is 8. The number of hydrogen-bond acceptors (Lipinski definition) is 3. The second kappa shape index (κ2) is 7.77. The summed E-state index contributed by atoms with van der Waals surface area (Å²) in [6, 6.07) is 6.57. The van der Waals surface area contributed by atoms with Crippen LogP contribution in [0, 0.1) is 0 Å². The van der Waals surface area contributed by atoms with Gasteiger partial charge in [0.05, 0.1) is 15.7 Å². The van der Waals surface area contributed by atoms with E-state index in [0.29, 0.717) is 11.6 Å². The zero-order valence-electron chi connectivity index (χ0n) is 10.7. The monoisotopic (exact) mass is 289 g/mol. The molecule has 0 spiro atoms. The summed E-state index contributed by atoms with van der Waals surface area (Å²) < 4.78 is 24.0. The molecular formula is C13H20ClNO2S. The molecule has 0 aliphatic rings. The van der Waals surface area contributed by atoms with Gasteiger partial charge in [0.25, 0.3) is 0 Å². The Morgan fingerprint density at radius 1 is 1.17 bits per heavy atom. The number of benzene rings is 1. The molecule has 0 heterocycles. The second-order valence-corrected chi connectivity index (χ2v) is 6.69. The topological polar surface area (TPSA) is 46.2 Å². The molecule has 0 bridgehead atoms. The molecule has 0 unspecified atom stereocenters. The van der Waals surface area contributed by atoms with Gasteiger partial charge in [-0.15, -0.1) is 0 Å². The third-order valence-electron chi connectivity index (χ3n) is 2.68. The van der Waals surface area contributed by atoms with E-state index >= 15 is 0 Å². The molecule has 0 aromatic heterocycles. The maximum absolute atomic E-state index is 12.0. The molecule has 102 valence electrons. The molecule has 1 aromatic carbocycles. The van der Waals surface area contributed by atoms with Gasteiger partial charge in [-0.05, 0) is 25.1 Å². The van der Waals surface area contributed by atoms with Crippen LogP contribution in [0.15, 0.2) is 29.2 Å². The first kappa shape index (κ1) is 15.5. The normalized spacial score (nSPS) is 11.7. The summed E-state index contributed by atoms with van der Waals surface area (Å²) in [6.07, 6.45) is 3.42. The van der Waals surface area contributed by atoms with Gasteiger partial charge >= 0.3 is 0 Å². The number of unbranched alkanes of at least 4 members (excludes halogenated alkanes) is 2. The van der Waals surface area contributed by atoms with E-state index in [9.17, 15) is 8.42 Å². The predicted molar refractivity (Wildman–Crippen MR) is 75.9 cm³/mol. The minimum absolute atomic E-state index is 0.0862. The van der Waals surface area contributed by atoms with Crippen molar-refractivity contribution in [3.05, 3.63) is 29.3 Å². The second-order valence-electron chi connectivity index (χ2n) is 4.21. The fraction of sp³-hybridized carbons (Fsp3) is 0.538. The average molecular weight is 290 g/mol. The summed E-state index contributed by atoms with van der Waals surface area (Å²) in [5.41, 5.74) is 0. The minimum Gasteiger partial charge on any atom is -0.316 e. The van der Waals surface area contributed by atoms with Gasteiger partial charge in [0.15, 0.2) is 9.84 Å². The lowest BCUT2D eigenvalue weighted by atomic mass is 10.2. The van der Waals surface area contributed by atoms with Gasteiger partial charge in [-0.3, -0.25) is 0 Å². The van der Waals surface area contributed by atoms with E-state index in [0.717, 1.165) is 13.0 Å². The molecule has 0 aliphatic carbocycles. The van der Waals surface area contributed by atoms with E-state index in [2.05, 4.69) is 12.2 Å². The zero-order chi connectivity index (χ0) is 13.4. The molecule has 0 atom stereocenters. The summed E-state index contributed by atoms with van der Waals surface area (Å²) in [4.78, 5) is 0.224. The van der Waals surface area contributed by atoms with Gasteiger partial charge in [-0.1, -0.05) is 43.5 Å². The molecular weight excluding hydrogens is 270 g/mol. The van der Waals surface area contributed by atoms with E-state index in [1.54, 1.807) is 24.3 Å². The first-order chi connectivity index (χ1) is 8.58. The van der Waals surface area contributed by atoms with Crippen molar-refractivity contribution in [3.8, 4) is 0 Å². The van der Waals surface area contributed by atoms with Crippen molar-refractivity contribution in [3.63, 3.8) is 0 Å². The minimum atomic E-state index is -3.28. The number of nitrogens with one attached hydrogen (secondary N) is 1. The van der Waals surface area contributed by atoms with E-state index < -0.39 is 9.84 Å². The van der Waals surface area contributed by atoms with Crippen LogP contribution in [0.2, 0.25) is 5.02 Å². The van der Waals surface area contributed by atoms with Crippen LogP contribution in [0.25, 0.3) is 0 Å². The Labute approximate surface area is 114 Å². The Morgan fingerprint density at radius 2 is 1.89 bits per heavy atom. The van der Waals surface area contributed by atoms with Crippen LogP contribution in [0.5, 0.6) is 0 Å². The van der Waals surface area contributed by atoms with Gasteiger partial charge in [0, 0.05) is 6.54 Å². The highest BCUT2D eigenvalue weighted by atomic mass is 35.5. The lowest BCUT2D eigenvalue weighted by molar-refractivity contribution is 0.586. The summed E-state index contributed by atoms with van der Waals surface area (Å²) in [5, 5.41) is 3.44. The molecule has 0 radical (unpaired) electrons.